The van der Waals surface area contributed by atoms with Gasteiger partial charge in [0.1, 0.15) is 6.61 Å². The van der Waals surface area contributed by atoms with Crippen molar-refractivity contribution in [2.45, 2.75) is 58.6 Å². The van der Waals surface area contributed by atoms with Crippen molar-refractivity contribution in [2.24, 2.45) is 11.3 Å². The zero-order valence-electron chi connectivity index (χ0n) is 18.2. The molecular formula is C25H29NO5. The molecule has 1 aliphatic heterocycles. The first kappa shape index (κ1) is 20.2. The van der Waals surface area contributed by atoms with E-state index in [9.17, 15) is 9.59 Å². The predicted octanol–water partition coefficient (Wildman–Crippen LogP) is 4.25. The monoisotopic (exact) mass is 423 g/mol. The third-order valence-corrected chi connectivity index (χ3v) is 7.17. The van der Waals surface area contributed by atoms with Gasteiger partial charge in [0.05, 0.1) is 12.5 Å². The number of nitrogens with zero attached hydrogens (tertiary/aromatic N) is 1. The van der Waals surface area contributed by atoms with Crippen molar-refractivity contribution in [2.75, 3.05) is 13.2 Å². The summed E-state index contributed by atoms with van der Waals surface area (Å²) in [7, 11) is 0. The number of carbonyl (C=O) groups is 2. The van der Waals surface area contributed by atoms with E-state index in [2.05, 4.69) is 4.57 Å². The summed E-state index contributed by atoms with van der Waals surface area (Å²) in [5.41, 5.74) is 2.86. The largest absolute Gasteiger partial charge is 0.486 e. The van der Waals surface area contributed by atoms with E-state index in [1.54, 1.807) is 0 Å². The number of esters is 1. The van der Waals surface area contributed by atoms with Crippen LogP contribution in [-0.2, 0) is 16.1 Å². The average Bonchev–Trinajstić information content (AvgIpc) is 3.31. The molecule has 1 spiro atoms. The number of aryl methyl sites for hydroxylation is 1. The van der Waals surface area contributed by atoms with Crippen LogP contribution in [0.2, 0.25) is 0 Å². The van der Waals surface area contributed by atoms with Crippen molar-refractivity contribution >= 4 is 11.8 Å². The first-order chi connectivity index (χ1) is 14.9. The van der Waals surface area contributed by atoms with Gasteiger partial charge < -0.3 is 18.8 Å². The van der Waals surface area contributed by atoms with Gasteiger partial charge in [0.25, 0.3) is 0 Å². The molecule has 0 bridgehead atoms. The molecule has 6 heteroatoms. The quantitative estimate of drug-likeness (QED) is 0.513. The molecule has 2 unspecified atom stereocenters. The predicted molar refractivity (Wildman–Crippen MR) is 115 cm³/mol. The minimum atomic E-state index is -0.211. The van der Waals surface area contributed by atoms with Gasteiger partial charge in [0.2, 0.25) is 5.78 Å². The lowest BCUT2D eigenvalue weighted by atomic mass is 10.0. The summed E-state index contributed by atoms with van der Waals surface area (Å²) in [6.45, 7) is 4.75. The van der Waals surface area contributed by atoms with Gasteiger partial charge >= 0.3 is 5.97 Å². The molecule has 2 atom stereocenters. The van der Waals surface area contributed by atoms with E-state index in [1.807, 2.05) is 44.2 Å². The molecule has 164 valence electrons. The highest BCUT2D eigenvalue weighted by Gasteiger charge is 2.50. The third-order valence-electron chi connectivity index (χ3n) is 7.17. The molecular weight excluding hydrogens is 394 g/mol. The molecule has 2 saturated carbocycles. The van der Waals surface area contributed by atoms with Gasteiger partial charge in [-0.1, -0.05) is 12.1 Å². The number of hydrogen-bond donors (Lipinski definition) is 0. The van der Waals surface area contributed by atoms with Crippen LogP contribution in [0.4, 0.5) is 0 Å². The topological polar surface area (TPSA) is 66.8 Å². The fourth-order valence-corrected chi connectivity index (χ4v) is 5.09. The Labute approximate surface area is 182 Å². The normalized spacial score (nSPS) is 23.0. The number of carbonyl (C=O) groups excluding carboxylic acids is 2. The minimum absolute atomic E-state index is 0.0333. The number of benzene rings is 1. The molecule has 2 fully saturated rings. The van der Waals surface area contributed by atoms with Crippen LogP contribution in [0.15, 0.2) is 30.3 Å². The highest BCUT2D eigenvalue weighted by atomic mass is 16.6. The standard InChI is InChI=1S/C25H29NO5/c1-16-11-20(21(27)15-30-24(28)18-7-8-25(12-18)9-10-25)17(2)26(16)13-19-14-29-22-5-3-4-6-23(22)31-19/h3-6,11,18-19H,7-10,12-15H2,1-2H3. The van der Waals surface area contributed by atoms with Gasteiger partial charge in [-0.15, -0.1) is 0 Å². The Morgan fingerprint density at radius 1 is 1.16 bits per heavy atom. The second kappa shape index (κ2) is 7.74. The summed E-state index contributed by atoms with van der Waals surface area (Å²) >= 11 is 0. The summed E-state index contributed by atoms with van der Waals surface area (Å²) in [5, 5.41) is 0. The van der Waals surface area contributed by atoms with E-state index in [-0.39, 0.29) is 30.4 Å². The minimum Gasteiger partial charge on any atom is -0.486 e. The van der Waals surface area contributed by atoms with Gasteiger partial charge in [0, 0.05) is 17.0 Å². The van der Waals surface area contributed by atoms with Crippen LogP contribution in [-0.4, -0.2) is 35.6 Å². The molecule has 0 N–H and O–H groups in total. The summed E-state index contributed by atoms with van der Waals surface area (Å²) in [5.74, 6) is 1.10. The highest BCUT2D eigenvalue weighted by Crippen LogP contribution is 2.59. The number of rotatable bonds is 6. The first-order valence-corrected chi connectivity index (χ1v) is 11.2. The third kappa shape index (κ3) is 3.95. The van der Waals surface area contributed by atoms with E-state index in [0.717, 1.165) is 42.1 Å². The number of Topliss-reactive ketones (excluding diaryl/α,β-unsaturated/α-hetero) is 1. The zero-order valence-corrected chi connectivity index (χ0v) is 18.2. The number of aromatic nitrogens is 1. The second-order valence-corrected chi connectivity index (χ2v) is 9.36. The lowest BCUT2D eigenvalue weighted by Crippen LogP contribution is -2.33. The second-order valence-electron chi connectivity index (χ2n) is 9.36. The Morgan fingerprint density at radius 3 is 2.68 bits per heavy atom. The van der Waals surface area contributed by atoms with Gasteiger partial charge in [-0.25, -0.2) is 0 Å². The fourth-order valence-electron chi connectivity index (χ4n) is 5.09. The lowest BCUT2D eigenvalue weighted by Gasteiger charge is -2.27. The fraction of sp³-hybridized carbons (Fsp3) is 0.520. The van der Waals surface area contributed by atoms with E-state index < -0.39 is 0 Å². The van der Waals surface area contributed by atoms with Gasteiger partial charge in [-0.05, 0) is 69.6 Å². The van der Waals surface area contributed by atoms with Crippen LogP contribution in [0.1, 0.15) is 53.8 Å². The van der Waals surface area contributed by atoms with Gasteiger partial charge in [-0.3, -0.25) is 9.59 Å². The van der Waals surface area contributed by atoms with E-state index in [0.29, 0.717) is 24.1 Å². The molecule has 0 amide bonds. The van der Waals surface area contributed by atoms with Crippen molar-refractivity contribution in [1.82, 2.24) is 4.57 Å². The van der Waals surface area contributed by atoms with E-state index in [1.165, 1.54) is 12.8 Å². The van der Waals surface area contributed by atoms with Crippen LogP contribution < -0.4 is 9.47 Å². The van der Waals surface area contributed by atoms with Gasteiger partial charge in [-0.2, -0.15) is 0 Å². The van der Waals surface area contributed by atoms with Crippen LogP contribution in [0.5, 0.6) is 11.5 Å². The zero-order chi connectivity index (χ0) is 21.6. The molecule has 0 saturated heterocycles. The van der Waals surface area contributed by atoms with Crippen LogP contribution >= 0.6 is 0 Å². The highest BCUT2D eigenvalue weighted by molar-refractivity contribution is 5.99. The number of ether oxygens (including phenoxy) is 3. The van der Waals surface area contributed by atoms with Crippen LogP contribution in [0.25, 0.3) is 0 Å². The number of hydrogen-bond acceptors (Lipinski definition) is 5. The van der Waals surface area contributed by atoms with Crippen LogP contribution in [0, 0.1) is 25.2 Å². The Kier molecular flexibility index (Phi) is 5.03. The maximum Gasteiger partial charge on any atom is 0.309 e. The molecule has 2 aliphatic carbocycles. The molecule has 1 aromatic heterocycles. The number of fused-ring (bicyclic) bond motifs is 1. The summed E-state index contributed by atoms with van der Waals surface area (Å²) in [4.78, 5) is 25.2. The SMILES string of the molecule is Cc1cc(C(=O)COC(=O)C2CCC3(CC3)C2)c(C)n1CC1COc2ccccc2O1. The molecule has 1 aromatic carbocycles. The molecule has 0 radical (unpaired) electrons. The molecule has 2 heterocycles. The summed E-state index contributed by atoms with van der Waals surface area (Å²) in [6.07, 6.45) is 5.29. The Bertz CT molecular complexity index is 1020. The molecule has 5 rings (SSSR count). The molecule has 2 aromatic rings. The van der Waals surface area contributed by atoms with E-state index >= 15 is 0 Å². The average molecular weight is 424 g/mol. The lowest BCUT2D eigenvalue weighted by molar-refractivity contribution is -0.147. The van der Waals surface area contributed by atoms with Crippen molar-refractivity contribution < 1.29 is 23.8 Å². The number of ketones is 1. The maximum absolute atomic E-state index is 12.8. The van der Waals surface area contributed by atoms with E-state index in [4.69, 9.17) is 14.2 Å². The molecule has 31 heavy (non-hydrogen) atoms. The smallest absolute Gasteiger partial charge is 0.309 e. The maximum atomic E-state index is 12.8. The summed E-state index contributed by atoms with van der Waals surface area (Å²) < 4.78 is 19.4. The molecule has 6 nitrogen and oxygen atoms in total. The van der Waals surface area contributed by atoms with Crippen molar-refractivity contribution in [3.05, 3.63) is 47.3 Å². The van der Waals surface area contributed by atoms with Crippen molar-refractivity contribution in [3.8, 4) is 11.5 Å². The summed E-state index contributed by atoms with van der Waals surface area (Å²) in [6, 6.07) is 9.51. The number of para-hydroxylation sites is 2. The molecule has 3 aliphatic rings. The first-order valence-electron chi connectivity index (χ1n) is 11.2. The van der Waals surface area contributed by atoms with Gasteiger partial charge in [0.15, 0.2) is 24.2 Å². The van der Waals surface area contributed by atoms with Crippen LogP contribution in [0.3, 0.4) is 0 Å². The Hall–Kier alpha value is -2.76. The van der Waals surface area contributed by atoms with Crippen molar-refractivity contribution in [3.63, 3.8) is 0 Å². The van der Waals surface area contributed by atoms with Crippen molar-refractivity contribution in [1.29, 1.82) is 0 Å². The Morgan fingerprint density at radius 2 is 1.94 bits per heavy atom. The Balaban J connectivity index is 1.20.